The zero-order chi connectivity index (χ0) is 9.54. The highest BCUT2D eigenvalue weighted by molar-refractivity contribution is 5.39. The topological polar surface area (TPSA) is 41.5 Å². The van der Waals surface area contributed by atoms with Gasteiger partial charge in [-0.05, 0) is 11.6 Å². The normalized spacial score (nSPS) is 34.5. The lowest BCUT2D eigenvalue weighted by molar-refractivity contribution is -0.0721. The van der Waals surface area contributed by atoms with Crippen LogP contribution in [0.25, 0.3) is 0 Å². The minimum atomic E-state index is -0.648. The zero-order valence-corrected chi connectivity index (χ0v) is 7.81. The first-order valence-corrected chi connectivity index (χ1v) is 5.00. The van der Waals surface area contributed by atoms with Gasteiger partial charge in [0.25, 0.3) is 0 Å². The smallest absolute Gasteiger partial charge is 0.202 e. The van der Waals surface area contributed by atoms with E-state index in [4.69, 9.17) is 4.74 Å². The molecular formula is C11H13NO2. The average Bonchev–Trinajstić information content (AvgIpc) is 2.67. The van der Waals surface area contributed by atoms with Crippen molar-refractivity contribution in [2.24, 2.45) is 5.92 Å². The Kier molecular flexibility index (Phi) is 1.75. The number of rotatable bonds is 0. The first kappa shape index (κ1) is 8.26. The van der Waals surface area contributed by atoms with Crippen LogP contribution in [0.15, 0.2) is 24.3 Å². The number of fused-ring (bicyclic) bond motifs is 3. The van der Waals surface area contributed by atoms with E-state index in [1.807, 2.05) is 18.2 Å². The van der Waals surface area contributed by atoms with Crippen molar-refractivity contribution in [1.29, 1.82) is 0 Å². The van der Waals surface area contributed by atoms with Crippen LogP contribution in [0.4, 0.5) is 0 Å². The van der Waals surface area contributed by atoms with Gasteiger partial charge in [-0.1, -0.05) is 18.2 Å². The molecule has 0 aliphatic carbocycles. The predicted molar refractivity (Wildman–Crippen MR) is 52.2 cm³/mol. The molecule has 0 radical (unpaired) electrons. The summed E-state index contributed by atoms with van der Waals surface area (Å²) in [4.78, 5) is 0. The van der Waals surface area contributed by atoms with E-state index in [0.717, 1.165) is 18.8 Å². The van der Waals surface area contributed by atoms with Gasteiger partial charge in [0.2, 0.25) is 6.29 Å². The van der Waals surface area contributed by atoms with E-state index in [2.05, 4.69) is 11.4 Å². The Hall–Kier alpha value is -1.06. The van der Waals surface area contributed by atoms with Crippen LogP contribution in [0.2, 0.25) is 0 Å². The molecule has 0 amide bonds. The van der Waals surface area contributed by atoms with Gasteiger partial charge < -0.3 is 15.2 Å². The third kappa shape index (κ3) is 1.06. The third-order valence-electron chi connectivity index (χ3n) is 3.19. The van der Waals surface area contributed by atoms with Crippen molar-refractivity contribution in [3.05, 3.63) is 29.8 Å². The minimum absolute atomic E-state index is 0.213. The molecule has 14 heavy (non-hydrogen) atoms. The van der Waals surface area contributed by atoms with E-state index in [-0.39, 0.29) is 5.92 Å². The zero-order valence-electron chi connectivity index (χ0n) is 7.81. The molecule has 2 aliphatic heterocycles. The molecule has 3 atom stereocenters. The molecule has 2 N–H and O–H groups in total. The Labute approximate surface area is 82.7 Å². The number of aliphatic hydroxyl groups excluding tert-OH is 1. The average molecular weight is 191 g/mol. The van der Waals surface area contributed by atoms with Crippen molar-refractivity contribution < 1.29 is 9.84 Å². The number of hydrogen-bond donors (Lipinski definition) is 2. The molecule has 2 aliphatic rings. The van der Waals surface area contributed by atoms with Crippen molar-refractivity contribution >= 4 is 0 Å². The van der Waals surface area contributed by atoms with Crippen molar-refractivity contribution in [2.75, 3.05) is 13.1 Å². The fraction of sp³-hybridized carbons (Fsp3) is 0.455. The lowest BCUT2D eigenvalue weighted by atomic mass is 9.86. The van der Waals surface area contributed by atoms with Crippen LogP contribution < -0.4 is 10.1 Å². The van der Waals surface area contributed by atoms with Gasteiger partial charge in [-0.3, -0.25) is 0 Å². The lowest BCUT2D eigenvalue weighted by Gasteiger charge is -2.31. The molecule has 0 bridgehead atoms. The molecule has 3 rings (SSSR count). The molecule has 1 fully saturated rings. The van der Waals surface area contributed by atoms with Crippen LogP contribution in [0.1, 0.15) is 11.5 Å². The van der Waals surface area contributed by atoms with E-state index in [0.29, 0.717) is 5.92 Å². The Morgan fingerprint density at radius 3 is 3.07 bits per heavy atom. The molecule has 0 saturated carbocycles. The van der Waals surface area contributed by atoms with Crippen LogP contribution in [-0.4, -0.2) is 24.5 Å². The molecule has 74 valence electrons. The largest absolute Gasteiger partial charge is 0.464 e. The Bertz CT molecular complexity index is 353. The number of ether oxygens (including phenoxy) is 1. The van der Waals surface area contributed by atoms with Crippen molar-refractivity contribution in [3.8, 4) is 5.75 Å². The standard InChI is InChI=1S/C11H13NO2/c13-11-9-6-12-5-8(9)7-3-1-2-4-10(7)14-11/h1-4,8-9,11-13H,5-6H2. The highest BCUT2D eigenvalue weighted by atomic mass is 16.6. The van der Waals surface area contributed by atoms with Gasteiger partial charge in [0.1, 0.15) is 5.75 Å². The highest BCUT2D eigenvalue weighted by Crippen LogP contribution is 2.40. The van der Waals surface area contributed by atoms with Crippen LogP contribution in [0.5, 0.6) is 5.75 Å². The number of para-hydroxylation sites is 1. The summed E-state index contributed by atoms with van der Waals surface area (Å²) in [5, 5.41) is 13.1. The second kappa shape index (κ2) is 2.97. The third-order valence-corrected chi connectivity index (χ3v) is 3.19. The lowest BCUT2D eigenvalue weighted by Crippen LogP contribution is -2.35. The Morgan fingerprint density at radius 1 is 1.29 bits per heavy atom. The Balaban J connectivity index is 2.07. The van der Waals surface area contributed by atoms with E-state index < -0.39 is 6.29 Å². The highest BCUT2D eigenvalue weighted by Gasteiger charge is 2.40. The quantitative estimate of drug-likeness (QED) is 0.634. The molecule has 1 saturated heterocycles. The van der Waals surface area contributed by atoms with Gasteiger partial charge in [-0.25, -0.2) is 0 Å². The maximum Gasteiger partial charge on any atom is 0.202 e. The van der Waals surface area contributed by atoms with Gasteiger partial charge >= 0.3 is 0 Å². The first-order valence-electron chi connectivity index (χ1n) is 5.00. The van der Waals surface area contributed by atoms with Crippen LogP contribution in [0, 0.1) is 5.92 Å². The molecule has 3 heteroatoms. The molecule has 3 nitrogen and oxygen atoms in total. The molecule has 1 aromatic rings. The first-order chi connectivity index (χ1) is 6.86. The van der Waals surface area contributed by atoms with Gasteiger partial charge in [-0.15, -0.1) is 0 Å². The monoisotopic (exact) mass is 191 g/mol. The summed E-state index contributed by atoms with van der Waals surface area (Å²) in [5.74, 6) is 1.46. The Morgan fingerprint density at radius 2 is 2.14 bits per heavy atom. The second-order valence-electron chi connectivity index (χ2n) is 3.97. The summed E-state index contributed by atoms with van der Waals surface area (Å²) in [7, 11) is 0. The fourth-order valence-electron chi connectivity index (χ4n) is 2.45. The van der Waals surface area contributed by atoms with Crippen LogP contribution >= 0.6 is 0 Å². The van der Waals surface area contributed by atoms with E-state index in [1.165, 1.54) is 5.56 Å². The summed E-state index contributed by atoms with van der Waals surface area (Å²) >= 11 is 0. The molecule has 3 unspecified atom stereocenters. The maximum atomic E-state index is 9.76. The fourth-order valence-corrected chi connectivity index (χ4v) is 2.45. The van der Waals surface area contributed by atoms with E-state index in [9.17, 15) is 5.11 Å². The molecular weight excluding hydrogens is 178 g/mol. The van der Waals surface area contributed by atoms with E-state index in [1.54, 1.807) is 0 Å². The molecule has 0 aromatic heterocycles. The molecule has 1 aromatic carbocycles. The maximum absolute atomic E-state index is 9.76. The minimum Gasteiger partial charge on any atom is -0.464 e. The van der Waals surface area contributed by atoms with Gasteiger partial charge in [0, 0.05) is 24.9 Å². The summed E-state index contributed by atoms with van der Waals surface area (Å²) in [5.41, 5.74) is 1.23. The summed E-state index contributed by atoms with van der Waals surface area (Å²) < 4.78 is 5.46. The van der Waals surface area contributed by atoms with Gasteiger partial charge in [-0.2, -0.15) is 0 Å². The van der Waals surface area contributed by atoms with Gasteiger partial charge in [0.05, 0.1) is 0 Å². The summed E-state index contributed by atoms with van der Waals surface area (Å²) in [6, 6.07) is 7.97. The number of aliphatic hydroxyl groups is 1. The molecule has 2 heterocycles. The predicted octanol–water partition coefficient (Wildman–Crippen LogP) is 0.700. The van der Waals surface area contributed by atoms with Crippen LogP contribution in [-0.2, 0) is 0 Å². The van der Waals surface area contributed by atoms with Gasteiger partial charge in [0.15, 0.2) is 0 Å². The summed E-state index contributed by atoms with van der Waals surface area (Å²) in [6.45, 7) is 1.79. The molecule has 0 spiro atoms. The van der Waals surface area contributed by atoms with E-state index >= 15 is 0 Å². The van der Waals surface area contributed by atoms with Crippen molar-refractivity contribution in [2.45, 2.75) is 12.2 Å². The van der Waals surface area contributed by atoms with Crippen molar-refractivity contribution in [3.63, 3.8) is 0 Å². The van der Waals surface area contributed by atoms with Crippen molar-refractivity contribution in [1.82, 2.24) is 5.32 Å². The van der Waals surface area contributed by atoms with Crippen LogP contribution in [0.3, 0.4) is 0 Å². The number of hydrogen-bond acceptors (Lipinski definition) is 3. The number of benzene rings is 1. The second-order valence-corrected chi connectivity index (χ2v) is 3.97. The SMILES string of the molecule is OC1Oc2ccccc2C2CNCC12. The summed E-state index contributed by atoms with van der Waals surface area (Å²) in [6.07, 6.45) is -0.648. The number of nitrogens with one attached hydrogen (secondary N) is 1.